The van der Waals surface area contributed by atoms with Crippen LogP contribution >= 0.6 is 0 Å². The van der Waals surface area contributed by atoms with Gasteiger partial charge in [0, 0.05) is 11.6 Å². The summed E-state index contributed by atoms with van der Waals surface area (Å²) < 4.78 is 0. The van der Waals surface area contributed by atoms with E-state index in [0.29, 0.717) is 0 Å². The molecule has 1 aromatic carbocycles. The molecule has 0 bridgehead atoms. The van der Waals surface area contributed by atoms with Gasteiger partial charge in [0.1, 0.15) is 0 Å². The van der Waals surface area contributed by atoms with Crippen LogP contribution in [0.4, 0.5) is 0 Å². The maximum absolute atomic E-state index is 9.41. The fraction of sp³-hybridized carbons (Fsp3) is 0.250. The molecule has 0 spiro atoms. The Hall–Kier alpha value is -1.45. The summed E-state index contributed by atoms with van der Waals surface area (Å²) >= 11 is 0. The Bertz CT molecular complexity index is 468. The minimum atomic E-state index is -0.542. The average Bonchev–Trinajstić information content (AvgIpc) is 2.27. The van der Waals surface area contributed by atoms with Crippen LogP contribution in [0.5, 0.6) is 0 Å². The summed E-state index contributed by atoms with van der Waals surface area (Å²) in [5, 5.41) is 10.5. The second kappa shape index (κ2) is 3.96. The Morgan fingerprint density at radius 2 is 2.13 bits per heavy atom. The molecule has 78 valence electrons. The molecular weight excluding hydrogens is 188 g/mol. The Morgan fingerprint density at radius 1 is 1.33 bits per heavy atom. The molecule has 1 heterocycles. The Balaban J connectivity index is 2.47. The minimum absolute atomic E-state index is 0.338. The molecule has 0 aliphatic heterocycles. The van der Waals surface area contributed by atoms with Crippen molar-refractivity contribution in [1.82, 2.24) is 4.98 Å². The largest absolute Gasteiger partial charge is 0.391 e. The molecule has 0 radical (unpaired) electrons. The van der Waals surface area contributed by atoms with Gasteiger partial charge >= 0.3 is 0 Å². The van der Waals surface area contributed by atoms with Gasteiger partial charge in [-0.2, -0.15) is 0 Å². The number of rotatable bonds is 2. The minimum Gasteiger partial charge on any atom is -0.391 e. The Labute approximate surface area is 88.6 Å². The van der Waals surface area contributed by atoms with Gasteiger partial charge in [-0.1, -0.05) is 12.1 Å². The Morgan fingerprint density at radius 3 is 2.87 bits per heavy atom. The number of fused-ring (bicyclic) bond motifs is 1. The third-order valence-electron chi connectivity index (χ3n) is 2.53. The molecular formula is C12H14N2O. The van der Waals surface area contributed by atoms with Gasteiger partial charge in [-0.25, -0.2) is 0 Å². The molecule has 3 heteroatoms. The van der Waals surface area contributed by atoms with Gasteiger partial charge in [0.25, 0.3) is 0 Å². The lowest BCUT2D eigenvalue weighted by Gasteiger charge is -2.15. The van der Waals surface area contributed by atoms with Crippen molar-refractivity contribution >= 4 is 10.9 Å². The number of nitrogens with zero attached hydrogens (tertiary/aromatic N) is 1. The normalized spacial score (nSPS) is 15.1. The summed E-state index contributed by atoms with van der Waals surface area (Å²) in [5.41, 5.74) is 7.74. The second-order valence-electron chi connectivity index (χ2n) is 3.72. The average molecular weight is 202 g/mol. The predicted octanol–water partition coefficient (Wildman–Crippen LogP) is 1.62. The zero-order valence-corrected chi connectivity index (χ0v) is 8.59. The predicted molar refractivity (Wildman–Crippen MR) is 60.4 cm³/mol. The van der Waals surface area contributed by atoms with Crippen LogP contribution in [0.1, 0.15) is 18.5 Å². The van der Waals surface area contributed by atoms with Crippen LogP contribution in [-0.2, 0) is 0 Å². The highest BCUT2D eigenvalue weighted by molar-refractivity contribution is 5.79. The molecule has 0 saturated heterocycles. The van der Waals surface area contributed by atoms with Gasteiger partial charge in [0.15, 0.2) is 0 Å². The number of nitrogens with two attached hydrogens (primary N) is 1. The number of hydrogen-bond acceptors (Lipinski definition) is 3. The van der Waals surface area contributed by atoms with E-state index in [1.165, 1.54) is 0 Å². The van der Waals surface area contributed by atoms with Crippen LogP contribution in [-0.4, -0.2) is 16.2 Å². The van der Waals surface area contributed by atoms with Crippen molar-refractivity contribution in [3.05, 3.63) is 42.1 Å². The lowest BCUT2D eigenvalue weighted by molar-refractivity contribution is 0.164. The number of hydrogen-bond donors (Lipinski definition) is 2. The highest BCUT2D eigenvalue weighted by atomic mass is 16.3. The fourth-order valence-corrected chi connectivity index (χ4v) is 1.58. The Kier molecular flexibility index (Phi) is 2.66. The lowest BCUT2D eigenvalue weighted by Crippen LogP contribution is -2.22. The summed E-state index contributed by atoms with van der Waals surface area (Å²) in [6.07, 6.45) is 1.22. The SMILES string of the molecule is C[C@@H](O)[C@@H](N)c1ccc2ncccc2c1. The first-order valence-electron chi connectivity index (χ1n) is 4.97. The van der Waals surface area contributed by atoms with Gasteiger partial charge in [0.2, 0.25) is 0 Å². The smallest absolute Gasteiger partial charge is 0.0704 e. The molecule has 2 atom stereocenters. The number of benzene rings is 1. The monoisotopic (exact) mass is 202 g/mol. The third-order valence-corrected chi connectivity index (χ3v) is 2.53. The van der Waals surface area contributed by atoms with Gasteiger partial charge in [-0.05, 0) is 30.7 Å². The van der Waals surface area contributed by atoms with E-state index in [9.17, 15) is 5.11 Å². The first kappa shape index (κ1) is 10.1. The van der Waals surface area contributed by atoms with Crippen molar-refractivity contribution in [2.45, 2.75) is 19.1 Å². The van der Waals surface area contributed by atoms with E-state index in [2.05, 4.69) is 4.98 Å². The van der Waals surface area contributed by atoms with Gasteiger partial charge < -0.3 is 10.8 Å². The maximum Gasteiger partial charge on any atom is 0.0704 e. The second-order valence-corrected chi connectivity index (χ2v) is 3.72. The molecule has 0 unspecified atom stereocenters. The van der Waals surface area contributed by atoms with Gasteiger partial charge in [-0.3, -0.25) is 4.98 Å². The van der Waals surface area contributed by atoms with Crippen LogP contribution in [0.3, 0.4) is 0 Å². The van der Waals surface area contributed by atoms with E-state index in [1.807, 2.05) is 30.3 Å². The van der Waals surface area contributed by atoms with Crippen molar-refractivity contribution < 1.29 is 5.11 Å². The first-order chi connectivity index (χ1) is 7.18. The van der Waals surface area contributed by atoms with Crippen molar-refractivity contribution in [1.29, 1.82) is 0 Å². The van der Waals surface area contributed by atoms with Crippen molar-refractivity contribution in [3.8, 4) is 0 Å². The standard InChI is InChI=1S/C12H14N2O/c1-8(15)12(13)10-4-5-11-9(7-10)3-2-6-14-11/h2-8,12,15H,13H2,1H3/t8-,12-/m1/s1. The molecule has 0 amide bonds. The molecule has 2 aromatic rings. The van der Waals surface area contributed by atoms with E-state index >= 15 is 0 Å². The topological polar surface area (TPSA) is 59.1 Å². The highest BCUT2D eigenvalue weighted by Crippen LogP contribution is 2.19. The van der Waals surface area contributed by atoms with Crippen LogP contribution in [0, 0.1) is 0 Å². The van der Waals surface area contributed by atoms with Crippen molar-refractivity contribution in [2.24, 2.45) is 5.73 Å². The van der Waals surface area contributed by atoms with Gasteiger partial charge in [0.05, 0.1) is 17.7 Å². The van der Waals surface area contributed by atoms with Crippen LogP contribution in [0.15, 0.2) is 36.5 Å². The van der Waals surface area contributed by atoms with Gasteiger partial charge in [-0.15, -0.1) is 0 Å². The summed E-state index contributed by atoms with van der Waals surface area (Å²) in [6.45, 7) is 1.69. The highest BCUT2D eigenvalue weighted by Gasteiger charge is 2.11. The molecule has 3 N–H and O–H groups in total. The summed E-state index contributed by atoms with van der Waals surface area (Å²) in [6, 6.07) is 9.34. The first-order valence-corrected chi connectivity index (χ1v) is 4.97. The maximum atomic E-state index is 9.41. The van der Waals surface area contributed by atoms with E-state index in [1.54, 1.807) is 13.1 Å². The van der Waals surface area contributed by atoms with E-state index in [0.717, 1.165) is 16.5 Å². The number of aliphatic hydroxyl groups is 1. The van der Waals surface area contributed by atoms with Crippen LogP contribution in [0.2, 0.25) is 0 Å². The number of aliphatic hydroxyl groups excluding tert-OH is 1. The fourth-order valence-electron chi connectivity index (χ4n) is 1.58. The summed E-state index contributed by atoms with van der Waals surface area (Å²) in [7, 11) is 0. The van der Waals surface area contributed by atoms with Crippen molar-refractivity contribution in [2.75, 3.05) is 0 Å². The molecule has 3 nitrogen and oxygen atoms in total. The molecule has 0 fully saturated rings. The number of aromatic nitrogens is 1. The van der Waals surface area contributed by atoms with E-state index < -0.39 is 6.10 Å². The zero-order valence-electron chi connectivity index (χ0n) is 8.59. The summed E-state index contributed by atoms with van der Waals surface area (Å²) in [5.74, 6) is 0. The molecule has 0 aliphatic rings. The zero-order chi connectivity index (χ0) is 10.8. The molecule has 0 saturated carbocycles. The molecule has 1 aromatic heterocycles. The van der Waals surface area contributed by atoms with Crippen LogP contribution < -0.4 is 5.73 Å². The molecule has 2 rings (SSSR count). The summed E-state index contributed by atoms with van der Waals surface area (Å²) in [4.78, 5) is 4.22. The van der Waals surface area contributed by atoms with Crippen LogP contribution in [0.25, 0.3) is 10.9 Å². The third kappa shape index (κ3) is 1.98. The van der Waals surface area contributed by atoms with E-state index in [4.69, 9.17) is 5.73 Å². The van der Waals surface area contributed by atoms with Crippen molar-refractivity contribution in [3.63, 3.8) is 0 Å². The lowest BCUT2D eigenvalue weighted by atomic mass is 10.0. The number of pyridine rings is 1. The molecule has 15 heavy (non-hydrogen) atoms. The quantitative estimate of drug-likeness (QED) is 0.778. The molecule has 0 aliphatic carbocycles. The van der Waals surface area contributed by atoms with E-state index in [-0.39, 0.29) is 6.04 Å².